The maximum Gasteiger partial charge on any atom is 0.267 e. The molecular formula is C20H17N3O2S. The summed E-state index contributed by atoms with van der Waals surface area (Å²) in [6.07, 6.45) is 0. The number of hydrogen-bond donors (Lipinski definition) is 2. The Morgan fingerprint density at radius 1 is 1.15 bits per heavy atom. The van der Waals surface area contributed by atoms with Crippen molar-refractivity contribution in [2.45, 2.75) is 6.92 Å². The van der Waals surface area contributed by atoms with Crippen molar-refractivity contribution < 1.29 is 9.53 Å². The topological polar surface area (TPSA) is 77.2 Å². The number of methoxy groups -OCH3 is 1. The van der Waals surface area contributed by atoms with Crippen LogP contribution < -0.4 is 15.8 Å². The van der Waals surface area contributed by atoms with Crippen LogP contribution in [0.3, 0.4) is 0 Å². The van der Waals surface area contributed by atoms with Gasteiger partial charge < -0.3 is 15.8 Å². The summed E-state index contributed by atoms with van der Waals surface area (Å²) in [4.78, 5) is 18.6. The molecule has 26 heavy (non-hydrogen) atoms. The molecule has 0 aliphatic heterocycles. The van der Waals surface area contributed by atoms with Crippen molar-refractivity contribution in [2.24, 2.45) is 0 Å². The molecule has 4 rings (SSSR count). The van der Waals surface area contributed by atoms with Gasteiger partial charge in [-0.25, -0.2) is 4.98 Å². The maximum absolute atomic E-state index is 12.7. The van der Waals surface area contributed by atoms with Crippen LogP contribution in [-0.2, 0) is 0 Å². The number of amides is 1. The van der Waals surface area contributed by atoms with Gasteiger partial charge in [-0.1, -0.05) is 18.2 Å². The molecule has 0 spiro atoms. The summed E-state index contributed by atoms with van der Waals surface area (Å²) < 4.78 is 5.13. The highest BCUT2D eigenvalue weighted by atomic mass is 32.1. The molecule has 6 heteroatoms. The molecule has 4 aromatic rings. The first-order chi connectivity index (χ1) is 12.6. The fourth-order valence-corrected chi connectivity index (χ4v) is 4.09. The SMILES string of the molecule is COc1ccc(NC(=O)c2sc3nc4ccccc4c(C)c3c2N)cc1. The van der Waals surface area contributed by atoms with Crippen molar-refractivity contribution in [3.05, 3.63) is 59.0 Å². The fraction of sp³-hybridized carbons (Fsp3) is 0.100. The number of aryl methyl sites for hydroxylation is 1. The number of para-hydroxylation sites is 1. The molecule has 2 aromatic carbocycles. The van der Waals surface area contributed by atoms with Crippen molar-refractivity contribution in [3.63, 3.8) is 0 Å². The summed E-state index contributed by atoms with van der Waals surface area (Å²) in [5.41, 5.74) is 9.43. The number of hydrogen-bond acceptors (Lipinski definition) is 5. The normalized spacial score (nSPS) is 11.0. The summed E-state index contributed by atoms with van der Waals surface area (Å²) >= 11 is 1.32. The number of nitrogens with two attached hydrogens (primary N) is 1. The Morgan fingerprint density at radius 2 is 1.88 bits per heavy atom. The van der Waals surface area contributed by atoms with Crippen LogP contribution >= 0.6 is 11.3 Å². The average Bonchev–Trinajstić information content (AvgIpc) is 2.99. The van der Waals surface area contributed by atoms with Gasteiger partial charge in [-0.2, -0.15) is 0 Å². The van der Waals surface area contributed by atoms with Crippen LogP contribution in [0.15, 0.2) is 48.5 Å². The molecule has 130 valence electrons. The van der Waals surface area contributed by atoms with E-state index in [-0.39, 0.29) is 5.91 Å². The molecule has 3 N–H and O–H groups in total. The first-order valence-electron chi connectivity index (χ1n) is 8.11. The lowest BCUT2D eigenvalue weighted by atomic mass is 10.1. The van der Waals surface area contributed by atoms with E-state index >= 15 is 0 Å². The lowest BCUT2D eigenvalue weighted by Crippen LogP contribution is -2.11. The van der Waals surface area contributed by atoms with Crippen LogP contribution in [-0.4, -0.2) is 18.0 Å². The van der Waals surface area contributed by atoms with E-state index in [2.05, 4.69) is 10.3 Å². The predicted molar refractivity (Wildman–Crippen MR) is 107 cm³/mol. The first kappa shape index (κ1) is 16.4. The molecular weight excluding hydrogens is 346 g/mol. The number of pyridine rings is 1. The molecule has 0 aliphatic rings. The highest BCUT2D eigenvalue weighted by Crippen LogP contribution is 2.37. The minimum Gasteiger partial charge on any atom is -0.497 e. The number of rotatable bonds is 3. The molecule has 2 aromatic heterocycles. The number of fused-ring (bicyclic) bond motifs is 2. The van der Waals surface area contributed by atoms with Crippen molar-refractivity contribution in [2.75, 3.05) is 18.2 Å². The maximum atomic E-state index is 12.7. The quantitative estimate of drug-likeness (QED) is 0.558. The van der Waals surface area contributed by atoms with Gasteiger partial charge in [0.05, 0.1) is 18.3 Å². The zero-order valence-electron chi connectivity index (χ0n) is 14.4. The van der Waals surface area contributed by atoms with Crippen LogP contribution in [0.25, 0.3) is 21.1 Å². The monoisotopic (exact) mass is 363 g/mol. The third-order valence-electron chi connectivity index (χ3n) is 4.39. The highest BCUT2D eigenvalue weighted by molar-refractivity contribution is 7.21. The van der Waals surface area contributed by atoms with Crippen molar-refractivity contribution in [1.82, 2.24) is 4.98 Å². The Labute approximate surface area is 154 Å². The number of thiophene rings is 1. The molecule has 0 radical (unpaired) electrons. The fourth-order valence-electron chi connectivity index (χ4n) is 3.04. The summed E-state index contributed by atoms with van der Waals surface area (Å²) in [6, 6.07) is 15.1. The second-order valence-corrected chi connectivity index (χ2v) is 6.96. The summed E-state index contributed by atoms with van der Waals surface area (Å²) in [7, 11) is 1.60. The van der Waals surface area contributed by atoms with E-state index in [9.17, 15) is 4.79 Å². The number of nitrogens with one attached hydrogen (secondary N) is 1. The van der Waals surface area contributed by atoms with Gasteiger partial charge in [0, 0.05) is 16.5 Å². The molecule has 0 saturated heterocycles. The smallest absolute Gasteiger partial charge is 0.267 e. The molecule has 1 amide bonds. The molecule has 0 atom stereocenters. The van der Waals surface area contributed by atoms with E-state index in [1.54, 1.807) is 31.4 Å². The minimum atomic E-state index is -0.237. The Hall–Kier alpha value is -3.12. The molecule has 0 saturated carbocycles. The Morgan fingerprint density at radius 3 is 2.62 bits per heavy atom. The van der Waals surface area contributed by atoms with Crippen molar-refractivity contribution in [1.29, 1.82) is 0 Å². The third-order valence-corrected chi connectivity index (χ3v) is 5.48. The largest absolute Gasteiger partial charge is 0.497 e. The summed E-state index contributed by atoms with van der Waals surface area (Å²) in [6.45, 7) is 2.01. The van der Waals surface area contributed by atoms with E-state index in [0.29, 0.717) is 16.3 Å². The minimum absolute atomic E-state index is 0.237. The second kappa shape index (κ2) is 6.31. The van der Waals surface area contributed by atoms with E-state index < -0.39 is 0 Å². The van der Waals surface area contributed by atoms with Crippen LogP contribution in [0.4, 0.5) is 11.4 Å². The van der Waals surface area contributed by atoms with Gasteiger partial charge in [0.2, 0.25) is 0 Å². The van der Waals surface area contributed by atoms with Crippen LogP contribution in [0.2, 0.25) is 0 Å². The van der Waals surface area contributed by atoms with E-state index in [0.717, 1.165) is 32.4 Å². The Bertz CT molecular complexity index is 1130. The van der Waals surface area contributed by atoms with Crippen LogP contribution in [0, 0.1) is 6.92 Å². The van der Waals surface area contributed by atoms with Crippen LogP contribution in [0.5, 0.6) is 5.75 Å². The number of ether oxygens (including phenoxy) is 1. The average molecular weight is 363 g/mol. The van der Waals surface area contributed by atoms with E-state index in [1.165, 1.54) is 11.3 Å². The third kappa shape index (κ3) is 2.64. The number of carbonyl (C=O) groups excluding carboxylic acids is 1. The number of anilines is 2. The number of carbonyl (C=O) groups is 1. The lowest BCUT2D eigenvalue weighted by Gasteiger charge is -2.06. The zero-order valence-corrected chi connectivity index (χ0v) is 15.2. The number of nitrogen functional groups attached to an aromatic ring is 1. The molecule has 0 aliphatic carbocycles. The Kier molecular flexibility index (Phi) is 3.97. The van der Waals surface area contributed by atoms with Gasteiger partial charge in [-0.15, -0.1) is 11.3 Å². The molecule has 2 heterocycles. The standard InChI is InChI=1S/C20H17N3O2S/c1-11-14-5-3-4-6-15(14)23-20-16(11)17(21)18(26-20)19(24)22-12-7-9-13(25-2)10-8-12/h3-10H,21H2,1-2H3,(H,22,24). The van der Waals surface area contributed by atoms with Gasteiger partial charge >= 0.3 is 0 Å². The van der Waals surface area contributed by atoms with Crippen molar-refractivity contribution >= 4 is 49.7 Å². The van der Waals surface area contributed by atoms with Gasteiger partial charge in [0.25, 0.3) is 5.91 Å². The predicted octanol–water partition coefficient (Wildman–Crippen LogP) is 4.60. The number of nitrogens with zero attached hydrogens (tertiary/aromatic N) is 1. The summed E-state index contributed by atoms with van der Waals surface area (Å²) in [5, 5.41) is 4.78. The first-order valence-corrected chi connectivity index (χ1v) is 8.93. The second-order valence-electron chi connectivity index (χ2n) is 5.96. The zero-order chi connectivity index (χ0) is 18.3. The number of aromatic nitrogens is 1. The van der Waals surface area contributed by atoms with Gasteiger partial charge in [0.1, 0.15) is 15.5 Å². The van der Waals surface area contributed by atoms with Crippen molar-refractivity contribution in [3.8, 4) is 5.75 Å². The molecule has 0 unspecified atom stereocenters. The summed E-state index contributed by atoms with van der Waals surface area (Å²) in [5.74, 6) is 0.495. The van der Waals surface area contributed by atoms with Crippen LogP contribution in [0.1, 0.15) is 15.2 Å². The van der Waals surface area contributed by atoms with E-state index in [4.69, 9.17) is 10.5 Å². The lowest BCUT2D eigenvalue weighted by molar-refractivity contribution is 0.103. The highest BCUT2D eigenvalue weighted by Gasteiger charge is 2.20. The molecule has 0 bridgehead atoms. The number of benzene rings is 2. The molecule has 0 fully saturated rings. The van der Waals surface area contributed by atoms with Gasteiger partial charge in [-0.3, -0.25) is 4.79 Å². The van der Waals surface area contributed by atoms with E-state index in [1.807, 2.05) is 31.2 Å². The van der Waals surface area contributed by atoms with Gasteiger partial charge in [0.15, 0.2) is 0 Å². The van der Waals surface area contributed by atoms with Gasteiger partial charge in [-0.05, 0) is 42.8 Å². The Balaban J connectivity index is 1.76. The molecule has 5 nitrogen and oxygen atoms in total.